The molecule has 0 spiro atoms. The van der Waals surface area contributed by atoms with Crippen LogP contribution in [0, 0.1) is 5.82 Å². The monoisotopic (exact) mass is 311 g/mol. The number of aromatic amines is 1. The number of rotatable bonds is 6. The van der Waals surface area contributed by atoms with Crippen LogP contribution < -0.4 is 5.32 Å². The van der Waals surface area contributed by atoms with Gasteiger partial charge in [0.2, 0.25) is 0 Å². The van der Waals surface area contributed by atoms with Crippen LogP contribution in [-0.2, 0) is 13.2 Å². The van der Waals surface area contributed by atoms with Crippen molar-refractivity contribution < 1.29 is 9.50 Å². The van der Waals surface area contributed by atoms with Crippen molar-refractivity contribution in [3.63, 3.8) is 0 Å². The predicted molar refractivity (Wildman–Crippen MR) is 86.0 cm³/mol. The number of benzene rings is 2. The molecule has 4 nitrogen and oxygen atoms in total. The quantitative estimate of drug-likeness (QED) is 0.656. The van der Waals surface area contributed by atoms with Crippen molar-refractivity contribution in [1.82, 2.24) is 15.3 Å². The molecule has 0 amide bonds. The number of hydrogen-bond donors (Lipinski definition) is 3. The second-order valence-electron chi connectivity index (χ2n) is 5.27. The number of nitrogens with one attached hydrogen (secondary N) is 2. The van der Waals surface area contributed by atoms with Crippen molar-refractivity contribution >= 4 is 0 Å². The van der Waals surface area contributed by atoms with Gasteiger partial charge in [0.1, 0.15) is 11.6 Å². The highest BCUT2D eigenvalue weighted by Crippen LogP contribution is 2.20. The molecule has 0 bridgehead atoms. The minimum atomic E-state index is -0.266. The first-order valence-corrected chi connectivity index (χ1v) is 7.43. The molecule has 0 unspecified atom stereocenters. The van der Waals surface area contributed by atoms with Crippen LogP contribution in [0.15, 0.2) is 60.9 Å². The zero-order valence-corrected chi connectivity index (χ0v) is 12.5. The highest BCUT2D eigenvalue weighted by Gasteiger charge is 2.16. The van der Waals surface area contributed by atoms with Crippen molar-refractivity contribution in [3.8, 4) is 0 Å². The van der Waals surface area contributed by atoms with Crippen LogP contribution in [-0.4, -0.2) is 15.1 Å². The smallest absolute Gasteiger partial charge is 0.127 e. The van der Waals surface area contributed by atoms with Gasteiger partial charge in [-0.15, -0.1) is 0 Å². The topological polar surface area (TPSA) is 60.9 Å². The molecule has 0 saturated carbocycles. The fourth-order valence-corrected chi connectivity index (χ4v) is 2.56. The van der Waals surface area contributed by atoms with Gasteiger partial charge in [-0.05, 0) is 28.8 Å². The summed E-state index contributed by atoms with van der Waals surface area (Å²) in [6.45, 7) is 0.569. The fourth-order valence-electron chi connectivity index (χ4n) is 2.56. The number of aromatic nitrogens is 2. The number of H-pyrrole nitrogens is 1. The lowest BCUT2D eigenvalue weighted by molar-refractivity contribution is 0.280. The number of aliphatic hydroxyl groups is 1. The van der Waals surface area contributed by atoms with Gasteiger partial charge >= 0.3 is 0 Å². The van der Waals surface area contributed by atoms with Gasteiger partial charge in [0.05, 0.1) is 12.6 Å². The van der Waals surface area contributed by atoms with E-state index in [-0.39, 0.29) is 18.5 Å². The average Bonchev–Trinajstić information content (AvgIpc) is 3.11. The first kappa shape index (κ1) is 15.4. The molecule has 1 atom stereocenters. The first-order valence-electron chi connectivity index (χ1n) is 7.43. The van der Waals surface area contributed by atoms with Gasteiger partial charge in [0, 0.05) is 18.9 Å². The van der Waals surface area contributed by atoms with E-state index in [9.17, 15) is 9.50 Å². The maximum atomic E-state index is 13.2. The zero-order chi connectivity index (χ0) is 16.1. The number of imidazole rings is 1. The van der Waals surface area contributed by atoms with Gasteiger partial charge in [-0.2, -0.15) is 0 Å². The Morgan fingerprint density at radius 1 is 1.09 bits per heavy atom. The zero-order valence-electron chi connectivity index (χ0n) is 12.5. The van der Waals surface area contributed by atoms with Gasteiger partial charge in [-0.1, -0.05) is 36.4 Å². The highest BCUT2D eigenvalue weighted by molar-refractivity contribution is 5.29. The van der Waals surface area contributed by atoms with Crippen LogP contribution in [0.25, 0.3) is 0 Å². The molecule has 2 aromatic carbocycles. The van der Waals surface area contributed by atoms with E-state index in [1.807, 2.05) is 24.3 Å². The lowest BCUT2D eigenvalue weighted by Gasteiger charge is -2.18. The van der Waals surface area contributed by atoms with Gasteiger partial charge in [-0.25, -0.2) is 9.37 Å². The SMILES string of the molecule is OCc1ccccc1CN[C@H](c1ccc(F)cc1)c1ncc[nH]1. The summed E-state index contributed by atoms with van der Waals surface area (Å²) in [5.74, 6) is 0.496. The molecule has 0 fully saturated rings. The molecule has 1 heterocycles. The van der Waals surface area contributed by atoms with Gasteiger partial charge < -0.3 is 10.1 Å². The molecule has 118 valence electrons. The molecule has 0 aliphatic rings. The molecule has 23 heavy (non-hydrogen) atoms. The molecular weight excluding hydrogens is 293 g/mol. The largest absolute Gasteiger partial charge is 0.392 e. The highest BCUT2D eigenvalue weighted by atomic mass is 19.1. The maximum absolute atomic E-state index is 13.2. The minimum absolute atomic E-state index is 0.000178. The van der Waals surface area contributed by atoms with E-state index in [0.717, 1.165) is 22.5 Å². The van der Waals surface area contributed by atoms with Crippen LogP contribution in [0.2, 0.25) is 0 Å². The first-order chi connectivity index (χ1) is 11.3. The minimum Gasteiger partial charge on any atom is -0.392 e. The lowest BCUT2D eigenvalue weighted by atomic mass is 10.0. The number of hydrogen-bond acceptors (Lipinski definition) is 3. The predicted octanol–water partition coefficient (Wildman–Crippen LogP) is 2.92. The van der Waals surface area contributed by atoms with E-state index in [0.29, 0.717) is 6.54 Å². The van der Waals surface area contributed by atoms with E-state index >= 15 is 0 Å². The van der Waals surface area contributed by atoms with Crippen LogP contribution in [0.5, 0.6) is 0 Å². The van der Waals surface area contributed by atoms with E-state index in [1.54, 1.807) is 24.5 Å². The summed E-state index contributed by atoms with van der Waals surface area (Å²) in [5, 5.41) is 12.8. The average molecular weight is 311 g/mol. The summed E-state index contributed by atoms with van der Waals surface area (Å²) in [7, 11) is 0. The second-order valence-corrected chi connectivity index (χ2v) is 5.27. The molecule has 0 aliphatic carbocycles. The number of nitrogens with zero attached hydrogens (tertiary/aromatic N) is 1. The van der Waals surface area contributed by atoms with E-state index < -0.39 is 0 Å². The normalized spacial score (nSPS) is 12.3. The maximum Gasteiger partial charge on any atom is 0.127 e. The number of aliphatic hydroxyl groups excluding tert-OH is 1. The third-order valence-electron chi connectivity index (χ3n) is 3.78. The van der Waals surface area contributed by atoms with Gasteiger partial charge in [0.15, 0.2) is 0 Å². The summed E-state index contributed by atoms with van der Waals surface area (Å²) in [5.41, 5.74) is 2.83. The molecule has 0 aliphatic heterocycles. The Labute approximate surface area is 134 Å². The molecule has 0 saturated heterocycles. The summed E-state index contributed by atoms with van der Waals surface area (Å²) >= 11 is 0. The molecule has 3 N–H and O–H groups in total. The fraction of sp³-hybridized carbons (Fsp3) is 0.167. The van der Waals surface area contributed by atoms with Crippen molar-refractivity contribution in [2.45, 2.75) is 19.2 Å². The van der Waals surface area contributed by atoms with E-state index in [2.05, 4.69) is 15.3 Å². The van der Waals surface area contributed by atoms with Crippen LogP contribution in [0.3, 0.4) is 0 Å². The molecular formula is C18H18FN3O. The number of halogens is 1. The second kappa shape index (κ2) is 7.17. The Bertz CT molecular complexity index is 741. The Morgan fingerprint density at radius 2 is 1.83 bits per heavy atom. The van der Waals surface area contributed by atoms with Gasteiger partial charge in [0.25, 0.3) is 0 Å². The van der Waals surface area contributed by atoms with Crippen LogP contribution in [0.4, 0.5) is 4.39 Å². The molecule has 3 aromatic rings. The van der Waals surface area contributed by atoms with E-state index in [4.69, 9.17) is 0 Å². The standard InChI is InChI=1S/C18H18FN3O/c19-16-7-5-13(6-8-16)17(18-20-9-10-21-18)22-11-14-3-1-2-4-15(14)12-23/h1-10,17,22-23H,11-12H2,(H,20,21)/t17-/m1/s1. The molecule has 3 rings (SSSR count). The van der Waals surface area contributed by atoms with Gasteiger partial charge in [-0.3, -0.25) is 5.32 Å². The van der Waals surface area contributed by atoms with Crippen molar-refractivity contribution in [2.24, 2.45) is 0 Å². The molecule has 5 heteroatoms. The van der Waals surface area contributed by atoms with Crippen molar-refractivity contribution in [3.05, 3.63) is 89.3 Å². The Morgan fingerprint density at radius 3 is 2.48 bits per heavy atom. The Kier molecular flexibility index (Phi) is 4.80. The van der Waals surface area contributed by atoms with Crippen LogP contribution in [0.1, 0.15) is 28.6 Å². The summed E-state index contributed by atoms with van der Waals surface area (Å²) < 4.78 is 13.2. The van der Waals surface area contributed by atoms with Crippen LogP contribution >= 0.6 is 0 Å². The third kappa shape index (κ3) is 3.64. The summed E-state index contributed by atoms with van der Waals surface area (Å²) in [6.07, 6.45) is 3.45. The summed E-state index contributed by atoms with van der Waals surface area (Å²) in [4.78, 5) is 7.41. The lowest BCUT2D eigenvalue weighted by Crippen LogP contribution is -2.23. The van der Waals surface area contributed by atoms with E-state index in [1.165, 1.54) is 12.1 Å². The van der Waals surface area contributed by atoms with Crippen molar-refractivity contribution in [2.75, 3.05) is 0 Å². The Balaban J connectivity index is 1.83. The molecule has 1 aromatic heterocycles. The van der Waals surface area contributed by atoms with Crippen molar-refractivity contribution in [1.29, 1.82) is 0 Å². The molecule has 0 radical (unpaired) electrons. The third-order valence-corrected chi connectivity index (χ3v) is 3.78. The summed E-state index contributed by atoms with van der Waals surface area (Å²) in [6, 6.07) is 13.9. The Hall–Kier alpha value is -2.50.